The summed E-state index contributed by atoms with van der Waals surface area (Å²) < 4.78 is 2.68. The lowest BCUT2D eigenvalue weighted by atomic mass is 10.2. The minimum absolute atomic E-state index is 0.0391. The van der Waals surface area contributed by atoms with Crippen LogP contribution in [-0.2, 0) is 4.79 Å². The number of hydrogen-bond donors (Lipinski definition) is 2. The number of benzene rings is 1. The average molecular weight is 487 g/mol. The molecule has 1 aromatic carbocycles. The topological polar surface area (TPSA) is 41.1 Å². The molecule has 110 valence electrons. The Labute approximate surface area is 148 Å². The first kappa shape index (κ1) is 16.8. The number of nitrogens with one attached hydrogen (secondary N) is 2. The highest BCUT2D eigenvalue weighted by atomic mass is 79.9. The van der Waals surface area contributed by atoms with E-state index in [0.29, 0.717) is 11.0 Å². The zero-order valence-corrected chi connectivity index (χ0v) is 16.3. The number of anilines is 1. The van der Waals surface area contributed by atoms with Crippen LogP contribution < -0.4 is 10.6 Å². The van der Waals surface area contributed by atoms with E-state index in [0.717, 1.165) is 45.0 Å². The molecule has 1 amide bonds. The molecule has 1 aliphatic heterocycles. The number of thioether (sulfide) groups is 1. The number of halogens is 3. The van der Waals surface area contributed by atoms with E-state index in [-0.39, 0.29) is 5.91 Å². The molecule has 0 bridgehead atoms. The molecule has 0 unspecified atom stereocenters. The normalized spacial score (nSPS) is 16.1. The van der Waals surface area contributed by atoms with Gasteiger partial charge in [-0.05, 0) is 69.9 Å². The number of carbonyl (C=O) groups is 1. The predicted molar refractivity (Wildman–Crippen MR) is 96.5 cm³/mol. The van der Waals surface area contributed by atoms with Crippen LogP contribution in [0.3, 0.4) is 0 Å². The minimum atomic E-state index is 0.0391. The summed E-state index contributed by atoms with van der Waals surface area (Å²) in [5.74, 6) is 0.539. The van der Waals surface area contributed by atoms with Crippen LogP contribution in [0.15, 0.2) is 25.6 Å². The molecule has 0 radical (unpaired) electrons. The Bertz CT molecular complexity index is 469. The van der Waals surface area contributed by atoms with E-state index in [1.54, 1.807) is 11.8 Å². The van der Waals surface area contributed by atoms with Crippen molar-refractivity contribution in [2.75, 3.05) is 24.2 Å². The van der Waals surface area contributed by atoms with Gasteiger partial charge in [0.2, 0.25) is 5.91 Å². The summed E-state index contributed by atoms with van der Waals surface area (Å²) in [7, 11) is 0. The highest BCUT2D eigenvalue weighted by Crippen LogP contribution is 2.34. The van der Waals surface area contributed by atoms with Crippen LogP contribution in [0.4, 0.5) is 5.69 Å². The molecule has 0 aliphatic carbocycles. The van der Waals surface area contributed by atoms with Crippen molar-refractivity contribution in [2.24, 2.45) is 0 Å². The van der Waals surface area contributed by atoms with Crippen LogP contribution in [0.25, 0.3) is 0 Å². The van der Waals surface area contributed by atoms with Gasteiger partial charge in [0.05, 0.1) is 11.4 Å². The van der Waals surface area contributed by atoms with Crippen molar-refractivity contribution in [3.8, 4) is 0 Å². The first-order valence-electron chi connectivity index (χ1n) is 6.33. The third-order valence-electron chi connectivity index (χ3n) is 3.01. The Hall–Kier alpha value is 0.440. The molecule has 1 saturated heterocycles. The zero-order chi connectivity index (χ0) is 14.5. The lowest BCUT2D eigenvalue weighted by Gasteiger charge is -2.21. The molecular weight excluding hydrogens is 472 g/mol. The van der Waals surface area contributed by atoms with Crippen molar-refractivity contribution < 1.29 is 4.79 Å². The molecule has 1 aliphatic rings. The van der Waals surface area contributed by atoms with Gasteiger partial charge < -0.3 is 10.6 Å². The van der Waals surface area contributed by atoms with Gasteiger partial charge in [0, 0.05) is 18.7 Å². The van der Waals surface area contributed by atoms with Crippen LogP contribution >= 0.6 is 59.6 Å². The third kappa shape index (κ3) is 5.02. The van der Waals surface area contributed by atoms with Crippen LogP contribution in [0.1, 0.15) is 12.8 Å². The average Bonchev–Trinajstić information content (AvgIpc) is 2.42. The van der Waals surface area contributed by atoms with Gasteiger partial charge in [-0.25, -0.2) is 0 Å². The van der Waals surface area contributed by atoms with Gasteiger partial charge in [-0.1, -0.05) is 15.9 Å². The summed E-state index contributed by atoms with van der Waals surface area (Å²) in [4.78, 5) is 12.0. The molecular formula is C13H15Br3N2OS. The van der Waals surface area contributed by atoms with Crippen molar-refractivity contribution in [1.82, 2.24) is 5.32 Å². The van der Waals surface area contributed by atoms with Crippen molar-refractivity contribution in [2.45, 2.75) is 18.1 Å². The van der Waals surface area contributed by atoms with Gasteiger partial charge in [-0.2, -0.15) is 0 Å². The second kappa shape index (κ2) is 8.17. The fourth-order valence-corrected chi connectivity index (χ4v) is 5.48. The molecule has 2 N–H and O–H groups in total. The highest BCUT2D eigenvalue weighted by molar-refractivity contribution is 9.11. The van der Waals surface area contributed by atoms with Crippen LogP contribution in [0, 0.1) is 0 Å². The highest BCUT2D eigenvalue weighted by Gasteiger charge is 2.16. The Morgan fingerprint density at radius 3 is 2.45 bits per heavy atom. The number of amides is 1. The van der Waals surface area contributed by atoms with Gasteiger partial charge in [0.15, 0.2) is 0 Å². The standard InChI is InChI=1S/C13H15Br3N2OS/c14-8-5-10(15)13(11(16)6-8)18-12(19)7-20-9-1-3-17-4-2-9/h5-6,9,17H,1-4,7H2,(H,18,19). The molecule has 7 heteroatoms. The molecule has 0 atom stereocenters. The van der Waals surface area contributed by atoms with E-state index >= 15 is 0 Å². The second-order valence-corrected chi connectivity index (χ2v) is 8.47. The van der Waals surface area contributed by atoms with Crippen molar-refractivity contribution in [1.29, 1.82) is 0 Å². The van der Waals surface area contributed by atoms with E-state index in [1.807, 2.05) is 12.1 Å². The van der Waals surface area contributed by atoms with Gasteiger partial charge in [0.1, 0.15) is 0 Å². The number of carbonyl (C=O) groups excluding carboxylic acids is 1. The Kier molecular flexibility index (Phi) is 6.87. The summed E-state index contributed by atoms with van der Waals surface area (Å²) in [6.45, 7) is 2.12. The third-order valence-corrected chi connectivity index (χ3v) is 6.09. The summed E-state index contributed by atoms with van der Waals surface area (Å²) >= 11 is 12.1. The van der Waals surface area contributed by atoms with Crippen LogP contribution in [0.2, 0.25) is 0 Å². The predicted octanol–water partition coefficient (Wildman–Crippen LogP) is 4.40. The van der Waals surface area contributed by atoms with Gasteiger partial charge in [-0.15, -0.1) is 11.8 Å². The lowest BCUT2D eigenvalue weighted by molar-refractivity contribution is -0.113. The largest absolute Gasteiger partial charge is 0.323 e. The fraction of sp³-hybridized carbons (Fsp3) is 0.462. The van der Waals surface area contributed by atoms with E-state index in [1.165, 1.54) is 0 Å². The zero-order valence-electron chi connectivity index (χ0n) is 10.7. The fourth-order valence-electron chi connectivity index (χ4n) is 1.99. The first-order valence-corrected chi connectivity index (χ1v) is 9.76. The second-order valence-electron chi connectivity index (χ2n) is 4.55. The maximum absolute atomic E-state index is 12.0. The number of piperidine rings is 1. The lowest BCUT2D eigenvalue weighted by Crippen LogP contribution is -2.30. The molecule has 0 aromatic heterocycles. The maximum Gasteiger partial charge on any atom is 0.234 e. The quantitative estimate of drug-likeness (QED) is 0.663. The molecule has 0 saturated carbocycles. The molecule has 2 rings (SSSR count). The van der Waals surface area contributed by atoms with E-state index in [4.69, 9.17) is 0 Å². The van der Waals surface area contributed by atoms with Gasteiger partial charge in [-0.3, -0.25) is 4.79 Å². The minimum Gasteiger partial charge on any atom is -0.323 e. The molecule has 0 spiro atoms. The van der Waals surface area contributed by atoms with E-state index in [2.05, 4.69) is 58.4 Å². The number of rotatable bonds is 4. The van der Waals surface area contributed by atoms with Crippen molar-refractivity contribution in [3.63, 3.8) is 0 Å². The molecule has 1 aromatic rings. The smallest absolute Gasteiger partial charge is 0.234 e. The summed E-state index contributed by atoms with van der Waals surface area (Å²) in [5, 5.41) is 6.88. The Morgan fingerprint density at radius 2 is 1.85 bits per heavy atom. The first-order chi connectivity index (χ1) is 9.56. The summed E-state index contributed by atoms with van der Waals surface area (Å²) in [5.41, 5.74) is 0.782. The summed E-state index contributed by atoms with van der Waals surface area (Å²) in [6, 6.07) is 3.83. The van der Waals surface area contributed by atoms with Crippen LogP contribution in [-0.4, -0.2) is 30.0 Å². The van der Waals surface area contributed by atoms with Crippen molar-refractivity contribution in [3.05, 3.63) is 25.6 Å². The van der Waals surface area contributed by atoms with Gasteiger partial charge in [0.25, 0.3) is 0 Å². The maximum atomic E-state index is 12.0. The van der Waals surface area contributed by atoms with Crippen LogP contribution in [0.5, 0.6) is 0 Å². The van der Waals surface area contributed by atoms with Gasteiger partial charge >= 0.3 is 0 Å². The molecule has 20 heavy (non-hydrogen) atoms. The number of hydrogen-bond acceptors (Lipinski definition) is 3. The Balaban J connectivity index is 1.88. The SMILES string of the molecule is O=C(CSC1CCNCC1)Nc1c(Br)cc(Br)cc1Br. The molecule has 1 fully saturated rings. The van der Waals surface area contributed by atoms with E-state index in [9.17, 15) is 4.79 Å². The monoisotopic (exact) mass is 484 g/mol. The van der Waals surface area contributed by atoms with E-state index < -0.39 is 0 Å². The Morgan fingerprint density at radius 1 is 1.25 bits per heavy atom. The van der Waals surface area contributed by atoms with Crippen molar-refractivity contribution >= 4 is 71.1 Å². The molecule has 1 heterocycles. The molecule has 3 nitrogen and oxygen atoms in total. The summed E-state index contributed by atoms with van der Waals surface area (Å²) in [6.07, 6.45) is 2.28.